The van der Waals surface area contributed by atoms with E-state index in [2.05, 4.69) is 18.2 Å². The van der Waals surface area contributed by atoms with Crippen LogP contribution in [-0.2, 0) is 6.61 Å². The van der Waals surface area contributed by atoms with Crippen LogP contribution in [0.3, 0.4) is 0 Å². The molecule has 3 heteroatoms. The Hall–Kier alpha value is -2.94. The lowest BCUT2D eigenvalue weighted by Crippen LogP contribution is -1.96. The molecule has 0 N–H and O–H groups in total. The van der Waals surface area contributed by atoms with Crippen molar-refractivity contribution in [2.75, 3.05) is 13.2 Å². The molecule has 26 heavy (non-hydrogen) atoms. The summed E-state index contributed by atoms with van der Waals surface area (Å²) < 4.78 is 17.1. The van der Waals surface area contributed by atoms with Crippen molar-refractivity contribution in [1.82, 2.24) is 0 Å². The monoisotopic (exact) mass is 347 g/mol. The van der Waals surface area contributed by atoms with Crippen molar-refractivity contribution in [3.05, 3.63) is 78.4 Å². The maximum absolute atomic E-state index is 5.85. The van der Waals surface area contributed by atoms with Gasteiger partial charge in [0.1, 0.15) is 23.9 Å². The fourth-order valence-corrected chi connectivity index (χ4v) is 2.64. The molecule has 0 aliphatic rings. The SMILES string of the molecule is CCOc1[c]c(OCC)cc(-c2ccc(OCc3ccccc3)cc2)c1. The van der Waals surface area contributed by atoms with Gasteiger partial charge in [-0.15, -0.1) is 0 Å². The number of rotatable bonds is 8. The van der Waals surface area contributed by atoms with Crippen molar-refractivity contribution in [2.24, 2.45) is 0 Å². The second kappa shape index (κ2) is 8.95. The lowest BCUT2D eigenvalue weighted by Gasteiger charge is -2.11. The lowest BCUT2D eigenvalue weighted by atomic mass is 10.0. The summed E-state index contributed by atoms with van der Waals surface area (Å²) in [6.45, 7) is 5.67. The van der Waals surface area contributed by atoms with Gasteiger partial charge in [-0.3, -0.25) is 0 Å². The van der Waals surface area contributed by atoms with Gasteiger partial charge in [-0.25, -0.2) is 0 Å². The number of hydrogen-bond donors (Lipinski definition) is 0. The molecule has 3 aromatic rings. The van der Waals surface area contributed by atoms with Crippen LogP contribution in [-0.4, -0.2) is 13.2 Å². The third kappa shape index (κ3) is 4.79. The van der Waals surface area contributed by atoms with E-state index in [1.54, 1.807) is 0 Å². The molecule has 0 aliphatic heterocycles. The van der Waals surface area contributed by atoms with Crippen LogP contribution in [0.5, 0.6) is 17.2 Å². The summed E-state index contributed by atoms with van der Waals surface area (Å²) >= 11 is 0. The molecular formula is C23H23O3. The van der Waals surface area contributed by atoms with E-state index in [-0.39, 0.29) is 0 Å². The van der Waals surface area contributed by atoms with Crippen molar-refractivity contribution < 1.29 is 14.2 Å². The van der Waals surface area contributed by atoms with Crippen molar-refractivity contribution in [1.29, 1.82) is 0 Å². The first-order chi connectivity index (χ1) is 12.8. The molecule has 0 bridgehead atoms. The van der Waals surface area contributed by atoms with Gasteiger partial charge in [-0.05, 0) is 54.8 Å². The van der Waals surface area contributed by atoms with Gasteiger partial charge in [-0.2, -0.15) is 0 Å². The molecule has 0 atom stereocenters. The first-order valence-corrected chi connectivity index (χ1v) is 8.88. The third-order valence-corrected chi connectivity index (χ3v) is 3.86. The maximum Gasteiger partial charge on any atom is 0.131 e. The fraction of sp³-hybridized carbons (Fsp3) is 0.217. The molecule has 0 spiro atoms. The van der Waals surface area contributed by atoms with E-state index in [1.165, 1.54) is 0 Å². The van der Waals surface area contributed by atoms with E-state index in [4.69, 9.17) is 14.2 Å². The molecule has 0 amide bonds. The van der Waals surface area contributed by atoms with E-state index in [0.29, 0.717) is 31.3 Å². The Bertz CT molecular complexity index is 786. The number of ether oxygens (including phenoxy) is 3. The fourth-order valence-electron chi connectivity index (χ4n) is 2.64. The van der Waals surface area contributed by atoms with Crippen molar-refractivity contribution in [3.63, 3.8) is 0 Å². The van der Waals surface area contributed by atoms with Crippen LogP contribution < -0.4 is 14.2 Å². The third-order valence-electron chi connectivity index (χ3n) is 3.86. The smallest absolute Gasteiger partial charge is 0.131 e. The predicted molar refractivity (Wildman–Crippen MR) is 104 cm³/mol. The summed E-state index contributed by atoms with van der Waals surface area (Å²) in [6.07, 6.45) is 0. The molecule has 3 rings (SSSR count). The van der Waals surface area contributed by atoms with Gasteiger partial charge in [0.25, 0.3) is 0 Å². The molecule has 3 nitrogen and oxygen atoms in total. The highest BCUT2D eigenvalue weighted by Gasteiger charge is 2.06. The van der Waals surface area contributed by atoms with E-state index in [1.807, 2.05) is 68.4 Å². The lowest BCUT2D eigenvalue weighted by molar-refractivity contribution is 0.306. The Morgan fingerprint density at radius 1 is 0.692 bits per heavy atom. The summed E-state index contributed by atoms with van der Waals surface area (Å²) in [5, 5.41) is 0. The van der Waals surface area contributed by atoms with Gasteiger partial charge in [0.05, 0.1) is 19.3 Å². The molecule has 3 aromatic carbocycles. The van der Waals surface area contributed by atoms with Crippen molar-refractivity contribution in [3.8, 4) is 28.4 Å². The molecule has 0 aromatic heterocycles. The average Bonchev–Trinajstić information content (AvgIpc) is 2.68. The Labute approximate surface area is 155 Å². The normalized spacial score (nSPS) is 10.4. The van der Waals surface area contributed by atoms with E-state index < -0.39 is 0 Å². The Morgan fingerprint density at radius 2 is 1.31 bits per heavy atom. The highest BCUT2D eigenvalue weighted by atomic mass is 16.5. The Morgan fingerprint density at radius 3 is 1.88 bits per heavy atom. The van der Waals surface area contributed by atoms with E-state index >= 15 is 0 Å². The molecule has 133 valence electrons. The van der Waals surface area contributed by atoms with Gasteiger partial charge < -0.3 is 14.2 Å². The van der Waals surface area contributed by atoms with Crippen molar-refractivity contribution >= 4 is 0 Å². The Kier molecular flexibility index (Phi) is 6.15. The molecule has 0 unspecified atom stereocenters. The van der Waals surface area contributed by atoms with Gasteiger partial charge in [-0.1, -0.05) is 42.5 Å². The van der Waals surface area contributed by atoms with Crippen molar-refractivity contribution in [2.45, 2.75) is 20.5 Å². The molecule has 0 saturated heterocycles. The first kappa shape index (κ1) is 17.9. The van der Waals surface area contributed by atoms with Crippen LogP contribution >= 0.6 is 0 Å². The summed E-state index contributed by atoms with van der Waals surface area (Å²) in [5.41, 5.74) is 3.26. The largest absolute Gasteiger partial charge is 0.493 e. The average molecular weight is 347 g/mol. The minimum atomic E-state index is 0.559. The minimum absolute atomic E-state index is 0.559. The van der Waals surface area contributed by atoms with E-state index in [9.17, 15) is 0 Å². The van der Waals surface area contributed by atoms with Crippen LogP contribution in [0.15, 0.2) is 66.7 Å². The van der Waals surface area contributed by atoms with Crippen LogP contribution in [0.2, 0.25) is 0 Å². The number of benzene rings is 3. The molecule has 0 aliphatic carbocycles. The van der Waals surface area contributed by atoms with Crippen LogP contribution in [0, 0.1) is 6.07 Å². The maximum atomic E-state index is 5.85. The van der Waals surface area contributed by atoms with Crippen LogP contribution in [0.1, 0.15) is 19.4 Å². The Balaban J connectivity index is 1.75. The molecule has 0 fully saturated rings. The molecule has 1 radical (unpaired) electrons. The highest BCUT2D eigenvalue weighted by molar-refractivity contribution is 5.67. The summed E-state index contributed by atoms with van der Waals surface area (Å²) in [6, 6.07) is 25.3. The topological polar surface area (TPSA) is 27.7 Å². The summed E-state index contributed by atoms with van der Waals surface area (Å²) in [4.78, 5) is 0. The second-order valence-corrected chi connectivity index (χ2v) is 5.76. The standard InChI is InChI=1S/C23H23O3/c1-3-24-22-14-20(15-23(16-22)25-4-2)19-10-12-21(13-11-19)26-17-18-8-6-5-7-9-18/h5-15H,3-4,17H2,1-2H3. The minimum Gasteiger partial charge on any atom is -0.493 e. The number of hydrogen-bond acceptors (Lipinski definition) is 3. The van der Waals surface area contributed by atoms with Gasteiger partial charge in [0.15, 0.2) is 0 Å². The molecular weight excluding hydrogens is 324 g/mol. The van der Waals surface area contributed by atoms with Gasteiger partial charge >= 0.3 is 0 Å². The summed E-state index contributed by atoms with van der Waals surface area (Å²) in [7, 11) is 0. The second-order valence-electron chi connectivity index (χ2n) is 5.76. The zero-order chi connectivity index (χ0) is 18.2. The van der Waals surface area contributed by atoms with Crippen LogP contribution in [0.4, 0.5) is 0 Å². The first-order valence-electron chi connectivity index (χ1n) is 8.88. The highest BCUT2D eigenvalue weighted by Crippen LogP contribution is 2.30. The zero-order valence-corrected chi connectivity index (χ0v) is 15.2. The molecule has 0 saturated carbocycles. The quantitative estimate of drug-likeness (QED) is 0.536. The van der Waals surface area contributed by atoms with Crippen LogP contribution in [0.25, 0.3) is 11.1 Å². The predicted octanol–water partition coefficient (Wildman–Crippen LogP) is 5.53. The van der Waals surface area contributed by atoms with Gasteiger partial charge in [0.2, 0.25) is 0 Å². The zero-order valence-electron chi connectivity index (χ0n) is 15.2. The van der Waals surface area contributed by atoms with E-state index in [0.717, 1.165) is 22.4 Å². The summed E-state index contributed by atoms with van der Waals surface area (Å²) in [5.74, 6) is 2.23. The molecule has 0 heterocycles. The van der Waals surface area contributed by atoms with Gasteiger partial charge in [0, 0.05) is 0 Å².